The van der Waals surface area contributed by atoms with E-state index in [9.17, 15) is 8.42 Å². The minimum atomic E-state index is -3.50. The largest absolute Gasteiger partial charge is 0.471 e. The van der Waals surface area contributed by atoms with Gasteiger partial charge < -0.3 is 15.0 Å². The summed E-state index contributed by atoms with van der Waals surface area (Å²) in [7, 11) is -3.50. The molecule has 0 saturated carbocycles. The Morgan fingerprint density at radius 3 is 2.38 bits per heavy atom. The first-order chi connectivity index (χ1) is 12.1. The number of fused-ring (bicyclic) bond motifs is 1. The van der Waals surface area contributed by atoms with E-state index >= 15 is 0 Å². The third kappa shape index (κ3) is 3.60. The molecule has 2 aliphatic heterocycles. The summed E-state index contributed by atoms with van der Waals surface area (Å²) in [6.07, 6.45) is 0. The fourth-order valence-electron chi connectivity index (χ4n) is 3.29. The lowest BCUT2D eigenvalue weighted by Gasteiger charge is -2.36. The van der Waals surface area contributed by atoms with Crippen molar-refractivity contribution in [3.8, 4) is 5.75 Å². The van der Waals surface area contributed by atoms with Crippen molar-refractivity contribution < 1.29 is 13.2 Å². The lowest BCUT2D eigenvalue weighted by molar-refractivity contribution is 0.367. The first-order valence-corrected chi connectivity index (χ1v) is 10.0. The molecule has 0 amide bonds. The van der Waals surface area contributed by atoms with E-state index in [-0.39, 0.29) is 18.3 Å². The number of nitrogens with one attached hydrogen (secondary N) is 1. The van der Waals surface area contributed by atoms with Crippen molar-refractivity contribution in [3.05, 3.63) is 54.1 Å². The van der Waals surface area contributed by atoms with Gasteiger partial charge in [0.05, 0.1) is 17.9 Å². The van der Waals surface area contributed by atoms with E-state index in [1.54, 1.807) is 0 Å². The second-order valence-electron chi connectivity index (χ2n) is 6.23. The minimum absolute atomic E-state index is 0. The van der Waals surface area contributed by atoms with Crippen LogP contribution < -0.4 is 19.3 Å². The molecule has 0 bridgehead atoms. The van der Waals surface area contributed by atoms with Crippen LogP contribution in [0.2, 0.25) is 0 Å². The van der Waals surface area contributed by atoms with Crippen LogP contribution >= 0.6 is 12.4 Å². The topological polar surface area (TPSA) is 61.9 Å². The van der Waals surface area contributed by atoms with Gasteiger partial charge in [0.2, 0.25) is 5.94 Å². The highest BCUT2D eigenvalue weighted by atomic mass is 35.5. The number of hydrogen-bond donors (Lipinski definition) is 1. The van der Waals surface area contributed by atoms with Crippen molar-refractivity contribution in [2.45, 2.75) is 6.54 Å². The monoisotopic (exact) mass is 395 g/mol. The van der Waals surface area contributed by atoms with Crippen molar-refractivity contribution in [2.24, 2.45) is 0 Å². The predicted octanol–water partition coefficient (Wildman–Crippen LogP) is 2.20. The Morgan fingerprint density at radius 1 is 0.962 bits per heavy atom. The molecule has 0 atom stereocenters. The molecule has 1 N–H and O–H groups in total. The first-order valence-electron chi connectivity index (χ1n) is 8.41. The molecule has 0 spiro atoms. The second-order valence-corrected chi connectivity index (χ2v) is 8.07. The quantitative estimate of drug-likeness (QED) is 0.863. The van der Waals surface area contributed by atoms with Crippen LogP contribution in [0.1, 0.15) is 5.56 Å². The zero-order valence-electron chi connectivity index (χ0n) is 14.3. The van der Waals surface area contributed by atoms with E-state index in [1.807, 2.05) is 48.5 Å². The van der Waals surface area contributed by atoms with Gasteiger partial charge in [0.25, 0.3) is 10.0 Å². The van der Waals surface area contributed by atoms with E-state index in [2.05, 4.69) is 10.2 Å². The van der Waals surface area contributed by atoms with Crippen LogP contribution in [0.5, 0.6) is 5.75 Å². The fourth-order valence-corrected chi connectivity index (χ4v) is 4.47. The molecule has 0 unspecified atom stereocenters. The number of nitrogens with zero attached hydrogens (tertiary/aromatic N) is 2. The minimum Gasteiger partial charge on any atom is -0.471 e. The number of anilines is 2. The van der Waals surface area contributed by atoms with Gasteiger partial charge >= 0.3 is 0 Å². The van der Waals surface area contributed by atoms with Gasteiger partial charge in [-0.25, -0.2) is 8.42 Å². The molecule has 4 rings (SSSR count). The van der Waals surface area contributed by atoms with Gasteiger partial charge in [-0.3, -0.25) is 4.31 Å². The van der Waals surface area contributed by atoms with Crippen molar-refractivity contribution >= 4 is 33.8 Å². The van der Waals surface area contributed by atoms with E-state index in [4.69, 9.17) is 4.74 Å². The normalized spacial score (nSPS) is 18.5. The average Bonchev–Trinajstić information content (AvgIpc) is 2.65. The van der Waals surface area contributed by atoms with Crippen LogP contribution in [0.25, 0.3) is 0 Å². The highest BCUT2D eigenvalue weighted by molar-refractivity contribution is 7.92. The molecule has 8 heteroatoms. The Morgan fingerprint density at radius 2 is 1.65 bits per heavy atom. The van der Waals surface area contributed by atoms with Crippen LogP contribution in [-0.2, 0) is 16.6 Å². The Balaban J connectivity index is 0.00000196. The number of sulfonamides is 1. The van der Waals surface area contributed by atoms with E-state index in [1.165, 1.54) is 4.31 Å². The molecule has 0 radical (unpaired) electrons. The summed E-state index contributed by atoms with van der Waals surface area (Å²) in [5, 5.41) is 3.33. The summed E-state index contributed by atoms with van der Waals surface area (Å²) in [4.78, 5) is 2.24. The number of hydrogen-bond acceptors (Lipinski definition) is 5. The summed E-state index contributed by atoms with van der Waals surface area (Å²) in [6.45, 7) is 3.90. The molecule has 2 aromatic carbocycles. The lowest BCUT2D eigenvalue weighted by Crippen LogP contribution is -2.44. The van der Waals surface area contributed by atoms with E-state index in [0.29, 0.717) is 18.0 Å². The fraction of sp³-hybridized carbons (Fsp3) is 0.333. The molecule has 2 heterocycles. The average molecular weight is 396 g/mol. The summed E-state index contributed by atoms with van der Waals surface area (Å²) < 4.78 is 32.4. The Labute approximate surface area is 160 Å². The van der Waals surface area contributed by atoms with Gasteiger partial charge in [0.1, 0.15) is 0 Å². The molecular formula is C18H22ClN3O3S. The molecule has 0 aliphatic carbocycles. The third-order valence-electron chi connectivity index (χ3n) is 4.56. The summed E-state index contributed by atoms with van der Waals surface area (Å²) in [6, 6.07) is 15.4. The molecule has 26 heavy (non-hydrogen) atoms. The molecule has 0 aromatic heterocycles. The number of ether oxygens (including phenoxy) is 1. The van der Waals surface area contributed by atoms with Gasteiger partial charge in [-0.2, -0.15) is 0 Å². The highest BCUT2D eigenvalue weighted by Crippen LogP contribution is 2.43. The Bertz CT molecular complexity index is 855. The summed E-state index contributed by atoms with van der Waals surface area (Å²) in [5.41, 5.74) is 2.53. The molecule has 1 fully saturated rings. The van der Waals surface area contributed by atoms with Crippen molar-refractivity contribution in [1.29, 1.82) is 0 Å². The number of benzene rings is 2. The van der Waals surface area contributed by atoms with Crippen LogP contribution in [0.3, 0.4) is 0 Å². The SMILES string of the molecule is Cl.O=S1(=O)COc2c(N3CCNCC3)cccc2N1Cc1ccccc1. The zero-order valence-corrected chi connectivity index (χ0v) is 15.9. The number of para-hydroxylation sites is 1. The van der Waals surface area contributed by atoms with Crippen LogP contribution in [0.4, 0.5) is 11.4 Å². The lowest BCUT2D eigenvalue weighted by atomic mass is 10.2. The van der Waals surface area contributed by atoms with Crippen molar-refractivity contribution in [3.63, 3.8) is 0 Å². The van der Waals surface area contributed by atoms with Crippen LogP contribution in [-0.4, -0.2) is 40.5 Å². The maximum absolute atomic E-state index is 12.6. The number of piperazine rings is 1. The smallest absolute Gasteiger partial charge is 0.271 e. The Kier molecular flexibility index (Phi) is 5.60. The number of rotatable bonds is 3. The predicted molar refractivity (Wildman–Crippen MR) is 106 cm³/mol. The number of halogens is 1. The van der Waals surface area contributed by atoms with E-state index in [0.717, 1.165) is 37.4 Å². The van der Waals surface area contributed by atoms with Crippen LogP contribution in [0.15, 0.2) is 48.5 Å². The van der Waals surface area contributed by atoms with Gasteiger partial charge in [-0.1, -0.05) is 36.4 Å². The Hall–Kier alpha value is -1.96. The summed E-state index contributed by atoms with van der Waals surface area (Å²) >= 11 is 0. The van der Waals surface area contributed by atoms with Crippen molar-refractivity contribution in [1.82, 2.24) is 5.32 Å². The molecule has 2 aliphatic rings. The van der Waals surface area contributed by atoms with E-state index < -0.39 is 10.0 Å². The third-order valence-corrected chi connectivity index (χ3v) is 5.97. The molecule has 6 nitrogen and oxygen atoms in total. The zero-order chi connectivity index (χ0) is 17.3. The van der Waals surface area contributed by atoms with Gasteiger partial charge in [-0.05, 0) is 17.7 Å². The van der Waals surface area contributed by atoms with Gasteiger partial charge in [0, 0.05) is 26.2 Å². The highest BCUT2D eigenvalue weighted by Gasteiger charge is 2.33. The van der Waals surface area contributed by atoms with Crippen LogP contribution in [0, 0.1) is 0 Å². The second kappa shape index (κ2) is 7.73. The molecule has 140 valence electrons. The molecule has 2 aromatic rings. The van der Waals surface area contributed by atoms with Gasteiger partial charge in [-0.15, -0.1) is 12.4 Å². The van der Waals surface area contributed by atoms with Crippen molar-refractivity contribution in [2.75, 3.05) is 41.3 Å². The maximum atomic E-state index is 12.6. The maximum Gasteiger partial charge on any atom is 0.271 e. The molecule has 1 saturated heterocycles. The summed E-state index contributed by atoms with van der Waals surface area (Å²) in [5.74, 6) is 0.339. The molecular weight excluding hydrogens is 374 g/mol. The van der Waals surface area contributed by atoms with Gasteiger partial charge in [0.15, 0.2) is 5.75 Å². The standard InChI is InChI=1S/C18H21N3O3S.ClH/c22-25(23)14-24-18-16(20-11-9-19-10-12-20)7-4-8-17(18)21(25)13-15-5-2-1-3-6-15;/h1-8,19H,9-14H2;1H. The first kappa shape index (κ1) is 18.8.